The Kier molecular flexibility index (Phi) is 5.44. The average Bonchev–Trinajstić information content (AvgIpc) is 3.45. The summed E-state index contributed by atoms with van der Waals surface area (Å²) < 4.78 is 0. The molecule has 1 aromatic carbocycles. The van der Waals surface area contributed by atoms with Crippen LogP contribution < -0.4 is 5.32 Å². The van der Waals surface area contributed by atoms with Crippen molar-refractivity contribution in [2.75, 3.05) is 13.1 Å². The maximum atomic E-state index is 12.6. The zero-order chi connectivity index (χ0) is 17.1. The number of amides is 2. The molecule has 1 aliphatic heterocycles. The fourth-order valence-corrected chi connectivity index (χ4v) is 3.48. The number of nitrogens with zero attached hydrogens (tertiary/aromatic N) is 1. The maximum Gasteiger partial charge on any atom is 0.225 e. The van der Waals surface area contributed by atoms with Crippen LogP contribution in [-0.2, 0) is 9.59 Å². The van der Waals surface area contributed by atoms with E-state index in [9.17, 15) is 9.59 Å². The Morgan fingerprint density at radius 3 is 2.29 bits per heavy atom. The Morgan fingerprint density at radius 1 is 1.12 bits per heavy atom. The molecular formula is C19H25ClN2O2. The summed E-state index contributed by atoms with van der Waals surface area (Å²) in [5, 5.41) is 3.87. The number of piperidine rings is 1. The fourth-order valence-electron chi connectivity index (χ4n) is 3.36. The topological polar surface area (TPSA) is 49.4 Å². The van der Waals surface area contributed by atoms with E-state index >= 15 is 0 Å². The van der Waals surface area contributed by atoms with E-state index in [0.717, 1.165) is 37.7 Å². The molecule has 2 amide bonds. The second kappa shape index (κ2) is 7.56. The van der Waals surface area contributed by atoms with Crippen LogP contribution in [0.15, 0.2) is 24.3 Å². The first-order chi connectivity index (χ1) is 11.6. The summed E-state index contributed by atoms with van der Waals surface area (Å²) in [5.74, 6) is 0.677. The molecule has 0 radical (unpaired) electrons. The Morgan fingerprint density at radius 2 is 1.75 bits per heavy atom. The van der Waals surface area contributed by atoms with Crippen molar-refractivity contribution < 1.29 is 9.59 Å². The monoisotopic (exact) mass is 348 g/mol. The van der Waals surface area contributed by atoms with Crippen molar-refractivity contribution in [1.82, 2.24) is 10.2 Å². The van der Waals surface area contributed by atoms with Crippen LogP contribution in [0.4, 0.5) is 0 Å². The van der Waals surface area contributed by atoms with Crippen LogP contribution in [0.1, 0.15) is 50.6 Å². The number of halogens is 1. The lowest BCUT2D eigenvalue weighted by molar-refractivity contribution is -0.136. The zero-order valence-corrected chi connectivity index (χ0v) is 14.9. The first kappa shape index (κ1) is 17.3. The summed E-state index contributed by atoms with van der Waals surface area (Å²) in [5.41, 5.74) is 1.08. The van der Waals surface area contributed by atoms with E-state index in [1.165, 1.54) is 0 Å². The number of likely N-dealkylation sites (tertiary alicyclic amines) is 1. The standard InChI is InChI=1S/C19H25ClN2O2/c1-2-17(13-5-7-16(20)8-6-13)21-18(23)14-9-11-22(12-10-14)19(24)15-3-4-15/h5-8,14-15,17H,2-4,9-12H2,1H3,(H,21,23). The largest absolute Gasteiger partial charge is 0.349 e. The third-order valence-electron chi connectivity index (χ3n) is 5.10. The Hall–Kier alpha value is -1.55. The number of hydrogen-bond acceptors (Lipinski definition) is 2. The van der Waals surface area contributed by atoms with Gasteiger partial charge in [-0.05, 0) is 49.8 Å². The van der Waals surface area contributed by atoms with E-state index in [1.807, 2.05) is 29.2 Å². The van der Waals surface area contributed by atoms with Gasteiger partial charge in [-0.15, -0.1) is 0 Å². The molecule has 5 heteroatoms. The number of nitrogens with one attached hydrogen (secondary N) is 1. The first-order valence-corrected chi connectivity index (χ1v) is 9.31. The molecule has 1 aromatic rings. The SMILES string of the molecule is CCC(NC(=O)C1CCN(C(=O)C2CC2)CC1)c1ccc(Cl)cc1. The predicted molar refractivity (Wildman–Crippen MR) is 94.7 cm³/mol. The van der Waals surface area contributed by atoms with Crippen LogP contribution in [-0.4, -0.2) is 29.8 Å². The molecule has 1 atom stereocenters. The third-order valence-corrected chi connectivity index (χ3v) is 5.35. The van der Waals surface area contributed by atoms with Crippen LogP contribution >= 0.6 is 11.6 Å². The first-order valence-electron chi connectivity index (χ1n) is 8.93. The van der Waals surface area contributed by atoms with Crippen molar-refractivity contribution in [3.05, 3.63) is 34.9 Å². The zero-order valence-electron chi connectivity index (χ0n) is 14.1. The molecule has 0 bridgehead atoms. The summed E-state index contributed by atoms with van der Waals surface area (Å²) in [6.45, 7) is 3.49. The number of carbonyl (C=O) groups excluding carboxylic acids is 2. The Balaban J connectivity index is 1.52. The van der Waals surface area contributed by atoms with Gasteiger partial charge >= 0.3 is 0 Å². The molecule has 1 aliphatic carbocycles. The fraction of sp³-hybridized carbons (Fsp3) is 0.579. The molecule has 1 unspecified atom stereocenters. The lowest BCUT2D eigenvalue weighted by Gasteiger charge is -2.32. The highest BCUT2D eigenvalue weighted by molar-refractivity contribution is 6.30. The van der Waals surface area contributed by atoms with Gasteiger partial charge in [-0.1, -0.05) is 30.7 Å². The molecule has 0 spiro atoms. The van der Waals surface area contributed by atoms with Crippen LogP contribution in [0, 0.1) is 11.8 Å². The summed E-state index contributed by atoms with van der Waals surface area (Å²) in [6.07, 6.45) is 4.45. The van der Waals surface area contributed by atoms with Crippen molar-refractivity contribution in [1.29, 1.82) is 0 Å². The van der Waals surface area contributed by atoms with E-state index in [-0.39, 0.29) is 23.8 Å². The van der Waals surface area contributed by atoms with Crippen LogP contribution in [0.5, 0.6) is 0 Å². The second-order valence-corrected chi connectivity index (χ2v) is 7.33. The molecule has 1 N–H and O–H groups in total. The van der Waals surface area contributed by atoms with E-state index in [2.05, 4.69) is 12.2 Å². The highest BCUT2D eigenvalue weighted by atomic mass is 35.5. The third kappa shape index (κ3) is 4.10. The van der Waals surface area contributed by atoms with Crippen molar-refractivity contribution in [3.8, 4) is 0 Å². The molecule has 2 fully saturated rings. The van der Waals surface area contributed by atoms with Crippen molar-refractivity contribution in [2.45, 2.75) is 45.1 Å². The van der Waals surface area contributed by atoms with Gasteiger partial charge in [0, 0.05) is 29.9 Å². The van der Waals surface area contributed by atoms with Gasteiger partial charge in [0.1, 0.15) is 0 Å². The van der Waals surface area contributed by atoms with E-state index in [0.29, 0.717) is 24.0 Å². The van der Waals surface area contributed by atoms with Gasteiger partial charge in [-0.25, -0.2) is 0 Å². The smallest absolute Gasteiger partial charge is 0.225 e. The Bertz CT molecular complexity index is 590. The van der Waals surface area contributed by atoms with E-state index in [4.69, 9.17) is 11.6 Å². The molecule has 0 aromatic heterocycles. The second-order valence-electron chi connectivity index (χ2n) is 6.89. The summed E-state index contributed by atoms with van der Waals surface area (Å²) in [6, 6.07) is 7.66. The lowest BCUT2D eigenvalue weighted by Crippen LogP contribution is -2.44. The van der Waals surface area contributed by atoms with Gasteiger partial charge in [-0.2, -0.15) is 0 Å². The molecule has 3 rings (SSSR count). The lowest BCUT2D eigenvalue weighted by atomic mass is 9.94. The molecular weight excluding hydrogens is 324 g/mol. The summed E-state index contributed by atoms with van der Waals surface area (Å²) >= 11 is 5.93. The molecule has 130 valence electrons. The quantitative estimate of drug-likeness (QED) is 0.884. The maximum absolute atomic E-state index is 12.6. The van der Waals surface area contributed by atoms with Gasteiger partial charge in [-0.3, -0.25) is 9.59 Å². The molecule has 4 nitrogen and oxygen atoms in total. The van der Waals surface area contributed by atoms with Crippen molar-refractivity contribution >= 4 is 23.4 Å². The average molecular weight is 349 g/mol. The minimum Gasteiger partial charge on any atom is -0.349 e. The minimum atomic E-state index is 0.00889. The highest BCUT2D eigenvalue weighted by Gasteiger charge is 2.36. The van der Waals surface area contributed by atoms with Gasteiger partial charge in [0.05, 0.1) is 6.04 Å². The number of benzene rings is 1. The van der Waals surface area contributed by atoms with Crippen molar-refractivity contribution in [3.63, 3.8) is 0 Å². The van der Waals surface area contributed by atoms with Gasteiger partial charge < -0.3 is 10.2 Å². The van der Waals surface area contributed by atoms with Gasteiger partial charge in [0.2, 0.25) is 11.8 Å². The van der Waals surface area contributed by atoms with E-state index < -0.39 is 0 Å². The van der Waals surface area contributed by atoms with Crippen LogP contribution in [0.25, 0.3) is 0 Å². The Labute approximate surface area is 148 Å². The molecule has 1 saturated carbocycles. The highest BCUT2D eigenvalue weighted by Crippen LogP contribution is 2.32. The normalized spacial score (nSPS) is 19.8. The van der Waals surface area contributed by atoms with E-state index in [1.54, 1.807) is 0 Å². The number of rotatable bonds is 5. The van der Waals surface area contributed by atoms with Gasteiger partial charge in [0.25, 0.3) is 0 Å². The van der Waals surface area contributed by atoms with Crippen LogP contribution in [0.3, 0.4) is 0 Å². The summed E-state index contributed by atoms with van der Waals surface area (Å²) in [7, 11) is 0. The van der Waals surface area contributed by atoms with Crippen LogP contribution in [0.2, 0.25) is 5.02 Å². The predicted octanol–water partition coefficient (Wildman–Crippen LogP) is 3.56. The molecule has 1 heterocycles. The molecule has 24 heavy (non-hydrogen) atoms. The van der Waals surface area contributed by atoms with Gasteiger partial charge in [0.15, 0.2) is 0 Å². The molecule has 1 saturated heterocycles. The minimum absolute atomic E-state index is 0.00889. The number of hydrogen-bond donors (Lipinski definition) is 1. The summed E-state index contributed by atoms with van der Waals surface area (Å²) in [4.78, 5) is 26.6. The van der Waals surface area contributed by atoms with Crippen molar-refractivity contribution in [2.24, 2.45) is 11.8 Å². The number of carbonyl (C=O) groups is 2. The molecule has 2 aliphatic rings.